The van der Waals surface area contributed by atoms with Crippen LogP contribution in [-0.2, 0) is 4.74 Å². The molecule has 0 bridgehead atoms. The number of rotatable bonds is 6. The van der Waals surface area contributed by atoms with Gasteiger partial charge in [-0.15, -0.1) is 0 Å². The molecule has 1 rings (SSSR count). The zero-order valence-corrected chi connectivity index (χ0v) is 10.3. The molecule has 6 heteroatoms. The minimum atomic E-state index is -0.553. The Kier molecular flexibility index (Phi) is 5.08. The fourth-order valence-electron chi connectivity index (χ4n) is 1.52. The van der Waals surface area contributed by atoms with Crippen LogP contribution in [0.3, 0.4) is 0 Å². The van der Waals surface area contributed by atoms with Crippen LogP contribution in [0.15, 0.2) is 18.2 Å². The molecule has 1 N–H and O–H groups in total. The van der Waals surface area contributed by atoms with Crippen LogP contribution in [-0.4, -0.2) is 25.2 Å². The summed E-state index contributed by atoms with van der Waals surface area (Å²) in [6.45, 7) is 3.27. The Balaban J connectivity index is 2.77. The molecule has 96 valence electrons. The van der Waals surface area contributed by atoms with E-state index in [1.165, 1.54) is 12.1 Å². The first-order chi connectivity index (χ1) is 8.58. The Labute approximate surface area is 105 Å². The first-order valence-electron chi connectivity index (χ1n) is 5.49. The van der Waals surface area contributed by atoms with Crippen LogP contribution < -0.4 is 5.32 Å². The molecule has 1 aromatic rings. The lowest BCUT2D eigenvalue weighted by Gasteiger charge is -2.12. The molecule has 0 saturated carbocycles. The van der Waals surface area contributed by atoms with E-state index in [0.29, 0.717) is 24.8 Å². The molecule has 0 amide bonds. The van der Waals surface area contributed by atoms with Crippen molar-refractivity contribution in [2.75, 3.05) is 25.6 Å². The minimum absolute atomic E-state index is 0.0653. The largest absolute Gasteiger partial charge is 0.384 e. The van der Waals surface area contributed by atoms with Gasteiger partial charge in [0.25, 0.3) is 5.69 Å². The Hall–Kier alpha value is -2.13. The minimum Gasteiger partial charge on any atom is -0.384 e. The summed E-state index contributed by atoms with van der Waals surface area (Å²) in [5.41, 5.74) is 0.515. The zero-order chi connectivity index (χ0) is 13.5. The first kappa shape index (κ1) is 13.9. The van der Waals surface area contributed by atoms with Gasteiger partial charge in [0.1, 0.15) is 11.6 Å². The lowest BCUT2D eigenvalue weighted by atomic mass is 10.1. The van der Waals surface area contributed by atoms with E-state index in [0.717, 1.165) is 0 Å². The summed E-state index contributed by atoms with van der Waals surface area (Å²) in [5, 5.41) is 22.6. The third-order valence-corrected chi connectivity index (χ3v) is 2.42. The van der Waals surface area contributed by atoms with E-state index < -0.39 is 4.92 Å². The van der Waals surface area contributed by atoms with E-state index >= 15 is 0 Å². The van der Waals surface area contributed by atoms with E-state index in [9.17, 15) is 10.1 Å². The maximum atomic E-state index is 10.8. The van der Waals surface area contributed by atoms with Crippen molar-refractivity contribution in [3.63, 3.8) is 0 Å². The van der Waals surface area contributed by atoms with Gasteiger partial charge in [0, 0.05) is 25.4 Å². The molecular formula is C12H15N3O3. The van der Waals surface area contributed by atoms with Crippen LogP contribution >= 0.6 is 0 Å². The quantitative estimate of drug-likeness (QED) is 0.616. The topological polar surface area (TPSA) is 88.2 Å². The number of ether oxygens (including phenoxy) is 1. The van der Waals surface area contributed by atoms with Crippen LogP contribution in [0, 0.1) is 27.4 Å². The second-order valence-electron chi connectivity index (χ2n) is 4.04. The number of methoxy groups -OCH3 is 1. The number of nitro benzene ring substituents is 1. The standard InChI is InChI=1S/C12H15N3O3/c1-9(8-18-2)7-14-11-4-3-10(6-13)12(5-11)15(16)17/h3-5,9,14H,7-8H2,1-2H3. The van der Waals surface area contributed by atoms with Gasteiger partial charge in [0.15, 0.2) is 0 Å². The van der Waals surface area contributed by atoms with Crippen LogP contribution in [0.2, 0.25) is 0 Å². The highest BCUT2D eigenvalue weighted by molar-refractivity contribution is 5.59. The number of nitriles is 1. The van der Waals surface area contributed by atoms with Gasteiger partial charge in [0.2, 0.25) is 0 Å². The molecule has 1 unspecified atom stereocenters. The number of anilines is 1. The van der Waals surface area contributed by atoms with Crippen LogP contribution in [0.1, 0.15) is 12.5 Å². The fourth-order valence-corrected chi connectivity index (χ4v) is 1.52. The lowest BCUT2D eigenvalue weighted by Crippen LogP contribution is -2.15. The van der Waals surface area contributed by atoms with Crippen molar-refractivity contribution in [3.05, 3.63) is 33.9 Å². The van der Waals surface area contributed by atoms with Crippen molar-refractivity contribution in [1.29, 1.82) is 5.26 Å². The first-order valence-corrected chi connectivity index (χ1v) is 5.49. The highest BCUT2D eigenvalue weighted by Gasteiger charge is 2.14. The van der Waals surface area contributed by atoms with E-state index in [2.05, 4.69) is 5.32 Å². The summed E-state index contributed by atoms with van der Waals surface area (Å²) in [4.78, 5) is 10.2. The second kappa shape index (κ2) is 6.57. The van der Waals surface area contributed by atoms with Crippen molar-refractivity contribution in [2.24, 2.45) is 5.92 Å². The number of hydrogen-bond donors (Lipinski definition) is 1. The summed E-state index contributed by atoms with van der Waals surface area (Å²) < 4.78 is 5.00. The molecule has 1 atom stereocenters. The summed E-state index contributed by atoms with van der Waals surface area (Å²) in [5.74, 6) is 0.296. The molecule has 0 aliphatic carbocycles. The van der Waals surface area contributed by atoms with E-state index in [1.54, 1.807) is 19.2 Å². The third kappa shape index (κ3) is 3.71. The average Bonchev–Trinajstić information content (AvgIpc) is 2.36. The molecule has 0 saturated heterocycles. The molecule has 6 nitrogen and oxygen atoms in total. The number of hydrogen-bond acceptors (Lipinski definition) is 5. The highest BCUT2D eigenvalue weighted by atomic mass is 16.6. The Bertz CT molecular complexity index is 468. The summed E-state index contributed by atoms with van der Waals surface area (Å²) in [6, 6.07) is 6.28. The molecule has 0 radical (unpaired) electrons. The summed E-state index contributed by atoms with van der Waals surface area (Å²) >= 11 is 0. The molecular weight excluding hydrogens is 234 g/mol. The highest BCUT2D eigenvalue weighted by Crippen LogP contribution is 2.22. The normalized spacial score (nSPS) is 11.6. The van der Waals surface area contributed by atoms with Gasteiger partial charge < -0.3 is 10.1 Å². The Morgan fingerprint density at radius 1 is 1.61 bits per heavy atom. The lowest BCUT2D eigenvalue weighted by molar-refractivity contribution is -0.385. The van der Waals surface area contributed by atoms with Gasteiger partial charge >= 0.3 is 0 Å². The monoisotopic (exact) mass is 249 g/mol. The van der Waals surface area contributed by atoms with Crippen molar-refractivity contribution < 1.29 is 9.66 Å². The number of benzene rings is 1. The molecule has 1 aromatic carbocycles. The molecule has 0 aliphatic heterocycles. The predicted octanol–water partition coefficient (Wildman–Crippen LogP) is 2.16. The third-order valence-electron chi connectivity index (χ3n) is 2.42. The van der Waals surface area contributed by atoms with E-state index in [1.807, 2.05) is 6.92 Å². The zero-order valence-electron chi connectivity index (χ0n) is 10.3. The predicted molar refractivity (Wildman–Crippen MR) is 67.3 cm³/mol. The van der Waals surface area contributed by atoms with Crippen LogP contribution in [0.4, 0.5) is 11.4 Å². The van der Waals surface area contributed by atoms with Crippen molar-refractivity contribution >= 4 is 11.4 Å². The molecule has 0 fully saturated rings. The van der Waals surface area contributed by atoms with E-state index in [-0.39, 0.29) is 11.3 Å². The van der Waals surface area contributed by atoms with Crippen molar-refractivity contribution in [1.82, 2.24) is 0 Å². The average molecular weight is 249 g/mol. The maximum Gasteiger partial charge on any atom is 0.289 e. The molecule has 0 aliphatic rings. The van der Waals surface area contributed by atoms with Gasteiger partial charge in [-0.2, -0.15) is 5.26 Å². The fraction of sp³-hybridized carbons (Fsp3) is 0.417. The van der Waals surface area contributed by atoms with Gasteiger partial charge in [-0.1, -0.05) is 6.92 Å². The summed E-state index contributed by atoms with van der Waals surface area (Å²) in [7, 11) is 1.63. The van der Waals surface area contributed by atoms with Crippen LogP contribution in [0.25, 0.3) is 0 Å². The van der Waals surface area contributed by atoms with Gasteiger partial charge in [-0.3, -0.25) is 10.1 Å². The summed E-state index contributed by atoms with van der Waals surface area (Å²) in [6.07, 6.45) is 0. The molecule has 18 heavy (non-hydrogen) atoms. The van der Waals surface area contributed by atoms with Crippen molar-refractivity contribution in [2.45, 2.75) is 6.92 Å². The van der Waals surface area contributed by atoms with Crippen molar-refractivity contribution in [3.8, 4) is 6.07 Å². The SMILES string of the molecule is COCC(C)CNc1ccc(C#N)c([N+](=O)[O-])c1. The number of nitro groups is 1. The Morgan fingerprint density at radius 2 is 2.33 bits per heavy atom. The molecule has 0 spiro atoms. The van der Waals surface area contributed by atoms with Gasteiger partial charge in [-0.05, 0) is 18.1 Å². The molecule has 0 aromatic heterocycles. The number of nitrogens with zero attached hydrogens (tertiary/aromatic N) is 2. The molecule has 0 heterocycles. The Morgan fingerprint density at radius 3 is 2.89 bits per heavy atom. The van der Waals surface area contributed by atoms with Gasteiger partial charge in [-0.25, -0.2) is 0 Å². The van der Waals surface area contributed by atoms with Gasteiger partial charge in [0.05, 0.1) is 11.5 Å². The second-order valence-corrected chi connectivity index (χ2v) is 4.04. The number of nitrogens with one attached hydrogen (secondary N) is 1. The van der Waals surface area contributed by atoms with Crippen LogP contribution in [0.5, 0.6) is 0 Å². The smallest absolute Gasteiger partial charge is 0.289 e. The maximum absolute atomic E-state index is 10.8. The van der Waals surface area contributed by atoms with E-state index in [4.69, 9.17) is 10.00 Å².